The maximum absolute atomic E-state index is 12.1. The molecule has 2 N–H and O–H groups in total. The molecule has 2 aromatic rings. The molecular weight excluding hydrogens is 358 g/mol. The molecule has 1 aromatic carbocycles. The Kier molecular flexibility index (Phi) is 5.48. The van der Waals surface area contributed by atoms with Gasteiger partial charge in [0.15, 0.2) is 0 Å². The van der Waals surface area contributed by atoms with Gasteiger partial charge in [-0.3, -0.25) is 9.69 Å². The van der Waals surface area contributed by atoms with Gasteiger partial charge in [-0.05, 0) is 33.1 Å². The molecule has 0 radical (unpaired) electrons. The lowest BCUT2D eigenvalue weighted by Crippen LogP contribution is -2.36. The van der Waals surface area contributed by atoms with E-state index < -0.39 is 0 Å². The smallest absolute Gasteiger partial charge is 0.267 e. The molecule has 3 rings (SSSR count). The molecule has 1 aliphatic rings. The predicted octanol–water partition coefficient (Wildman–Crippen LogP) is 2.54. The molecule has 1 aliphatic heterocycles. The highest BCUT2D eigenvalue weighted by atomic mass is 79.9. The van der Waals surface area contributed by atoms with Gasteiger partial charge in [-0.15, -0.1) is 0 Å². The van der Waals surface area contributed by atoms with Crippen molar-refractivity contribution >= 4 is 21.8 Å². The van der Waals surface area contributed by atoms with Crippen LogP contribution >= 0.6 is 15.9 Å². The lowest BCUT2D eigenvalue weighted by atomic mass is 10.1. The Morgan fingerprint density at radius 3 is 2.70 bits per heavy atom. The van der Waals surface area contributed by atoms with Gasteiger partial charge in [0.05, 0.1) is 13.2 Å². The summed E-state index contributed by atoms with van der Waals surface area (Å²) in [5.74, 6) is -0.100. The van der Waals surface area contributed by atoms with E-state index in [1.54, 1.807) is 12.3 Å². The number of morpholine rings is 1. The minimum absolute atomic E-state index is 0.100. The van der Waals surface area contributed by atoms with E-state index in [2.05, 4.69) is 43.3 Å². The van der Waals surface area contributed by atoms with Crippen LogP contribution < -0.4 is 5.32 Å². The fourth-order valence-electron chi connectivity index (χ4n) is 2.65. The quantitative estimate of drug-likeness (QED) is 0.841. The normalized spacial score (nSPS) is 15.5. The lowest BCUT2D eigenvalue weighted by Gasteiger charge is -2.27. The fraction of sp³-hybridized carbons (Fsp3) is 0.353. The van der Waals surface area contributed by atoms with Gasteiger partial charge in [-0.2, -0.15) is 0 Å². The Morgan fingerprint density at radius 1 is 1.26 bits per heavy atom. The van der Waals surface area contributed by atoms with Gasteiger partial charge in [0.1, 0.15) is 5.69 Å². The number of amides is 1. The summed E-state index contributed by atoms with van der Waals surface area (Å²) < 4.78 is 6.26. The summed E-state index contributed by atoms with van der Waals surface area (Å²) in [6.07, 6.45) is 1.75. The average molecular weight is 378 g/mol. The molecule has 0 unspecified atom stereocenters. The van der Waals surface area contributed by atoms with Crippen LogP contribution in [0.1, 0.15) is 21.6 Å². The maximum Gasteiger partial charge on any atom is 0.267 e. The van der Waals surface area contributed by atoms with Crippen molar-refractivity contribution in [3.05, 3.63) is 57.8 Å². The number of ether oxygens (including phenoxy) is 1. The molecule has 0 atom stereocenters. The van der Waals surface area contributed by atoms with Crippen LogP contribution in [0.3, 0.4) is 0 Å². The highest BCUT2D eigenvalue weighted by Crippen LogP contribution is 2.14. The van der Waals surface area contributed by atoms with Crippen molar-refractivity contribution in [2.75, 3.05) is 26.3 Å². The molecule has 5 nitrogen and oxygen atoms in total. The van der Waals surface area contributed by atoms with Crippen LogP contribution in [0.2, 0.25) is 0 Å². The summed E-state index contributed by atoms with van der Waals surface area (Å²) in [4.78, 5) is 17.5. The van der Waals surface area contributed by atoms with Gasteiger partial charge < -0.3 is 15.0 Å². The van der Waals surface area contributed by atoms with Crippen LogP contribution in [0.5, 0.6) is 0 Å². The number of hydrogen-bond donors (Lipinski definition) is 2. The first kappa shape index (κ1) is 16.2. The molecule has 1 aromatic heterocycles. The van der Waals surface area contributed by atoms with Gasteiger partial charge in [-0.25, -0.2) is 0 Å². The van der Waals surface area contributed by atoms with Gasteiger partial charge in [0, 0.05) is 36.8 Å². The Bertz CT molecular complexity index is 665. The number of aromatic amines is 1. The van der Waals surface area contributed by atoms with Crippen molar-refractivity contribution in [3.8, 4) is 0 Å². The van der Waals surface area contributed by atoms with Crippen molar-refractivity contribution in [2.24, 2.45) is 0 Å². The molecular formula is C17H20BrN3O2. The molecule has 6 heteroatoms. The van der Waals surface area contributed by atoms with Crippen LogP contribution in [0.4, 0.5) is 0 Å². The Balaban J connectivity index is 1.62. The van der Waals surface area contributed by atoms with E-state index in [0.29, 0.717) is 12.2 Å². The number of aromatic nitrogens is 1. The number of nitrogens with zero attached hydrogens (tertiary/aromatic N) is 1. The number of rotatable bonds is 5. The second-order valence-corrected chi connectivity index (χ2v) is 6.49. The Labute approximate surface area is 144 Å². The molecule has 0 bridgehead atoms. The molecule has 0 aliphatic carbocycles. The van der Waals surface area contributed by atoms with Crippen LogP contribution in [-0.4, -0.2) is 42.1 Å². The summed E-state index contributed by atoms with van der Waals surface area (Å²) in [6.45, 7) is 4.91. The van der Waals surface area contributed by atoms with Crippen molar-refractivity contribution < 1.29 is 9.53 Å². The van der Waals surface area contributed by atoms with Crippen LogP contribution in [0, 0.1) is 0 Å². The van der Waals surface area contributed by atoms with Crippen molar-refractivity contribution in [1.29, 1.82) is 0 Å². The number of carbonyl (C=O) groups is 1. The third-order valence-corrected chi connectivity index (χ3v) is 4.41. The fourth-order valence-corrected chi connectivity index (χ4v) is 3.00. The first-order valence-electron chi connectivity index (χ1n) is 7.71. The Hall–Kier alpha value is -1.63. The molecule has 0 spiro atoms. The van der Waals surface area contributed by atoms with Crippen LogP contribution in [0.25, 0.3) is 0 Å². The third kappa shape index (κ3) is 4.43. The molecule has 2 heterocycles. The lowest BCUT2D eigenvalue weighted by molar-refractivity contribution is 0.0340. The van der Waals surface area contributed by atoms with Gasteiger partial charge in [0.25, 0.3) is 5.91 Å². The molecule has 1 fully saturated rings. The zero-order valence-corrected chi connectivity index (χ0v) is 14.4. The summed E-state index contributed by atoms with van der Waals surface area (Å²) in [6, 6.07) is 10.0. The highest BCUT2D eigenvalue weighted by molar-refractivity contribution is 9.10. The van der Waals surface area contributed by atoms with Crippen molar-refractivity contribution in [3.63, 3.8) is 0 Å². The van der Waals surface area contributed by atoms with E-state index in [0.717, 1.165) is 42.9 Å². The summed E-state index contributed by atoms with van der Waals surface area (Å²) in [5.41, 5.74) is 2.96. The number of H-pyrrole nitrogens is 1. The first-order valence-corrected chi connectivity index (χ1v) is 8.50. The van der Waals surface area contributed by atoms with E-state index in [1.165, 1.54) is 5.56 Å². The molecule has 1 amide bonds. The zero-order chi connectivity index (χ0) is 16.1. The maximum atomic E-state index is 12.1. The molecule has 23 heavy (non-hydrogen) atoms. The minimum atomic E-state index is -0.100. The highest BCUT2D eigenvalue weighted by Gasteiger charge is 2.13. The standard InChI is InChI=1S/C17H20BrN3O2/c18-15-9-16(19-11-15)17(22)20-10-13-3-1-2-4-14(13)12-21-5-7-23-8-6-21/h1-4,9,11,19H,5-8,10,12H2,(H,20,22). The molecule has 122 valence electrons. The van der Waals surface area contributed by atoms with Crippen molar-refractivity contribution in [1.82, 2.24) is 15.2 Å². The van der Waals surface area contributed by atoms with Crippen LogP contribution in [0.15, 0.2) is 41.0 Å². The average Bonchev–Trinajstić information content (AvgIpc) is 3.01. The Morgan fingerprint density at radius 2 is 2.00 bits per heavy atom. The number of benzene rings is 1. The summed E-state index contributed by atoms with van der Waals surface area (Å²) >= 11 is 3.34. The molecule has 1 saturated heterocycles. The molecule has 0 saturated carbocycles. The zero-order valence-electron chi connectivity index (χ0n) is 12.8. The summed E-state index contributed by atoms with van der Waals surface area (Å²) in [5, 5.41) is 2.97. The number of halogens is 1. The van der Waals surface area contributed by atoms with E-state index in [4.69, 9.17) is 4.74 Å². The summed E-state index contributed by atoms with van der Waals surface area (Å²) in [7, 11) is 0. The number of hydrogen-bond acceptors (Lipinski definition) is 3. The van der Waals surface area contributed by atoms with E-state index in [1.807, 2.05) is 12.1 Å². The van der Waals surface area contributed by atoms with Gasteiger partial charge in [0.2, 0.25) is 0 Å². The largest absolute Gasteiger partial charge is 0.379 e. The number of carbonyl (C=O) groups excluding carboxylic acids is 1. The minimum Gasteiger partial charge on any atom is -0.379 e. The van der Waals surface area contributed by atoms with E-state index in [9.17, 15) is 4.79 Å². The van der Waals surface area contributed by atoms with Gasteiger partial charge in [-0.1, -0.05) is 24.3 Å². The van der Waals surface area contributed by atoms with E-state index >= 15 is 0 Å². The second kappa shape index (κ2) is 7.77. The predicted molar refractivity (Wildman–Crippen MR) is 92.2 cm³/mol. The van der Waals surface area contributed by atoms with Gasteiger partial charge >= 0.3 is 0 Å². The topological polar surface area (TPSA) is 57.4 Å². The number of nitrogens with one attached hydrogen (secondary N) is 2. The van der Waals surface area contributed by atoms with Crippen LogP contribution in [-0.2, 0) is 17.8 Å². The monoisotopic (exact) mass is 377 g/mol. The van der Waals surface area contributed by atoms with Crippen molar-refractivity contribution in [2.45, 2.75) is 13.1 Å². The van der Waals surface area contributed by atoms with E-state index in [-0.39, 0.29) is 5.91 Å². The first-order chi connectivity index (χ1) is 11.2. The SMILES string of the molecule is O=C(NCc1ccccc1CN1CCOCC1)c1cc(Br)c[nH]1. The third-order valence-electron chi connectivity index (χ3n) is 3.95. The second-order valence-electron chi connectivity index (χ2n) is 5.57.